The highest BCUT2D eigenvalue weighted by atomic mass is 32.2. The second kappa shape index (κ2) is 3.74. The second-order valence-corrected chi connectivity index (χ2v) is 4.71. The minimum atomic E-state index is 0.104. The lowest BCUT2D eigenvalue weighted by Gasteiger charge is -2.24. The Morgan fingerprint density at radius 1 is 1.67 bits per heavy atom. The van der Waals surface area contributed by atoms with Gasteiger partial charge < -0.3 is 0 Å². The highest BCUT2D eigenvalue weighted by Crippen LogP contribution is 2.24. The van der Waals surface area contributed by atoms with Crippen LogP contribution in [0.1, 0.15) is 20.8 Å². The van der Waals surface area contributed by atoms with Crippen LogP contribution in [-0.2, 0) is 0 Å². The molecular formula is C6H15NS2. The monoisotopic (exact) mass is 165 g/mol. The zero-order valence-electron chi connectivity index (χ0n) is 6.22. The molecule has 0 rings (SSSR count). The number of hydrogen-bond donors (Lipinski definition) is 2. The summed E-state index contributed by atoms with van der Waals surface area (Å²) in [5, 5.41) is 5.31. The third-order valence-corrected chi connectivity index (χ3v) is 2.69. The fourth-order valence-electron chi connectivity index (χ4n) is 0.348. The first-order valence-corrected chi connectivity index (χ1v) is 4.52. The lowest BCUT2D eigenvalue weighted by atomic mass is 9.99. The van der Waals surface area contributed by atoms with Gasteiger partial charge in [0.15, 0.2) is 0 Å². The molecule has 0 saturated carbocycles. The van der Waals surface area contributed by atoms with Crippen molar-refractivity contribution in [3.8, 4) is 0 Å². The molecule has 1 nitrogen and oxygen atoms in total. The van der Waals surface area contributed by atoms with Crippen LogP contribution in [0.15, 0.2) is 0 Å². The lowest BCUT2D eigenvalue weighted by molar-refractivity contribution is 0.516. The van der Waals surface area contributed by atoms with Crippen LogP contribution in [0.4, 0.5) is 0 Å². The van der Waals surface area contributed by atoms with Crippen molar-refractivity contribution in [2.75, 3.05) is 5.75 Å². The van der Waals surface area contributed by atoms with Crippen LogP contribution in [0.3, 0.4) is 0 Å². The molecule has 0 radical (unpaired) electrons. The molecule has 56 valence electrons. The first kappa shape index (κ1) is 9.66. The third kappa shape index (κ3) is 4.12. The fraction of sp³-hybridized carbons (Fsp3) is 1.00. The molecule has 9 heavy (non-hydrogen) atoms. The van der Waals surface area contributed by atoms with Crippen molar-refractivity contribution in [1.82, 2.24) is 0 Å². The number of hydrogen-bond acceptors (Lipinski definition) is 3. The number of nitrogens with two attached hydrogens (primary N) is 1. The van der Waals surface area contributed by atoms with Gasteiger partial charge in [0.05, 0.1) is 0 Å². The Morgan fingerprint density at radius 2 is 2.11 bits per heavy atom. The molecule has 3 heteroatoms. The van der Waals surface area contributed by atoms with Crippen molar-refractivity contribution in [3.63, 3.8) is 0 Å². The zero-order valence-corrected chi connectivity index (χ0v) is 7.93. The molecular weight excluding hydrogens is 150 g/mol. The largest absolute Gasteiger partial charge is 0.278 e. The van der Waals surface area contributed by atoms with Crippen LogP contribution < -0.4 is 5.14 Å². The maximum Gasteiger partial charge on any atom is 0.0115 e. The van der Waals surface area contributed by atoms with Crippen LogP contribution in [0, 0.1) is 5.92 Å². The quantitative estimate of drug-likeness (QED) is 0.494. The summed E-state index contributed by atoms with van der Waals surface area (Å²) in [7, 11) is 0. The van der Waals surface area contributed by atoms with Gasteiger partial charge in [0.1, 0.15) is 0 Å². The van der Waals surface area contributed by atoms with Gasteiger partial charge in [0.2, 0.25) is 0 Å². The molecule has 0 fully saturated rings. The smallest absolute Gasteiger partial charge is 0.0115 e. The van der Waals surface area contributed by atoms with Crippen molar-refractivity contribution in [2.24, 2.45) is 11.1 Å². The normalized spacial score (nSPS) is 15.7. The average Bonchev–Trinajstić information content (AvgIpc) is 1.64. The summed E-state index contributed by atoms with van der Waals surface area (Å²) in [5.74, 6) is 1.55. The Kier molecular flexibility index (Phi) is 4.01. The van der Waals surface area contributed by atoms with Gasteiger partial charge in [0.25, 0.3) is 0 Å². The maximum absolute atomic E-state index is 5.31. The van der Waals surface area contributed by atoms with E-state index in [-0.39, 0.29) is 4.75 Å². The van der Waals surface area contributed by atoms with E-state index in [1.807, 2.05) is 0 Å². The van der Waals surface area contributed by atoms with E-state index in [2.05, 4.69) is 33.4 Å². The SMILES string of the molecule is CC(CSN)C(C)(C)S. The van der Waals surface area contributed by atoms with E-state index in [0.717, 1.165) is 5.75 Å². The van der Waals surface area contributed by atoms with Crippen LogP contribution in [0.2, 0.25) is 0 Å². The molecule has 0 spiro atoms. The van der Waals surface area contributed by atoms with E-state index in [0.29, 0.717) is 5.92 Å². The molecule has 2 N–H and O–H groups in total. The molecule has 0 heterocycles. The molecule has 0 aliphatic heterocycles. The van der Waals surface area contributed by atoms with Gasteiger partial charge in [-0.1, -0.05) is 32.7 Å². The minimum Gasteiger partial charge on any atom is -0.278 e. The van der Waals surface area contributed by atoms with Gasteiger partial charge in [-0.15, -0.1) is 0 Å². The second-order valence-electron chi connectivity index (χ2n) is 2.89. The lowest BCUT2D eigenvalue weighted by Crippen LogP contribution is -2.24. The number of rotatable bonds is 3. The molecule has 0 aromatic heterocycles. The van der Waals surface area contributed by atoms with E-state index in [1.54, 1.807) is 0 Å². The van der Waals surface area contributed by atoms with Crippen molar-refractivity contribution in [2.45, 2.75) is 25.5 Å². The van der Waals surface area contributed by atoms with Crippen LogP contribution >= 0.6 is 24.6 Å². The van der Waals surface area contributed by atoms with E-state index in [4.69, 9.17) is 5.14 Å². The van der Waals surface area contributed by atoms with Crippen LogP contribution in [0.5, 0.6) is 0 Å². The van der Waals surface area contributed by atoms with Crippen LogP contribution in [-0.4, -0.2) is 10.5 Å². The summed E-state index contributed by atoms with van der Waals surface area (Å²) in [6.07, 6.45) is 0. The van der Waals surface area contributed by atoms with Crippen molar-refractivity contribution in [3.05, 3.63) is 0 Å². The van der Waals surface area contributed by atoms with Crippen molar-refractivity contribution in [1.29, 1.82) is 0 Å². The molecule has 0 aromatic rings. The Balaban J connectivity index is 3.59. The summed E-state index contributed by atoms with van der Waals surface area (Å²) in [5.41, 5.74) is 0. The molecule has 0 saturated heterocycles. The van der Waals surface area contributed by atoms with Crippen LogP contribution in [0.25, 0.3) is 0 Å². The van der Waals surface area contributed by atoms with Gasteiger partial charge in [-0.2, -0.15) is 12.6 Å². The summed E-state index contributed by atoms with van der Waals surface area (Å²) in [6, 6.07) is 0. The zero-order chi connectivity index (χ0) is 7.49. The molecule has 1 atom stereocenters. The fourth-order valence-corrected chi connectivity index (χ4v) is 1.27. The Morgan fingerprint density at radius 3 is 2.22 bits per heavy atom. The topological polar surface area (TPSA) is 26.0 Å². The highest BCUT2D eigenvalue weighted by Gasteiger charge is 2.19. The summed E-state index contributed by atoms with van der Waals surface area (Å²) >= 11 is 5.80. The van der Waals surface area contributed by atoms with E-state index in [1.165, 1.54) is 11.9 Å². The first-order chi connectivity index (χ1) is 3.98. The molecule has 0 aliphatic carbocycles. The molecule has 0 amide bonds. The van der Waals surface area contributed by atoms with Gasteiger partial charge in [0, 0.05) is 10.5 Å². The van der Waals surface area contributed by atoms with Gasteiger partial charge in [-0.05, 0) is 5.92 Å². The standard InChI is InChI=1S/C6H15NS2/c1-5(4-9-7)6(2,3)8/h5,8H,4,7H2,1-3H3. The van der Waals surface area contributed by atoms with Gasteiger partial charge in [-0.25, -0.2) is 0 Å². The van der Waals surface area contributed by atoms with E-state index < -0.39 is 0 Å². The summed E-state index contributed by atoms with van der Waals surface area (Å²) < 4.78 is 0.104. The molecule has 0 aromatic carbocycles. The Bertz CT molecular complexity index is 77.6. The minimum absolute atomic E-state index is 0.104. The van der Waals surface area contributed by atoms with Crippen molar-refractivity contribution >= 4 is 24.6 Å². The Labute approximate surface area is 67.3 Å². The maximum atomic E-state index is 5.31. The van der Waals surface area contributed by atoms with Crippen molar-refractivity contribution < 1.29 is 0 Å². The number of thiol groups is 1. The molecule has 0 bridgehead atoms. The average molecular weight is 165 g/mol. The highest BCUT2D eigenvalue weighted by molar-refractivity contribution is 7.97. The summed E-state index contributed by atoms with van der Waals surface area (Å²) in [4.78, 5) is 0. The van der Waals surface area contributed by atoms with E-state index in [9.17, 15) is 0 Å². The Hall–Kier alpha value is 0.660. The predicted molar refractivity (Wildman–Crippen MR) is 48.9 cm³/mol. The first-order valence-electron chi connectivity index (χ1n) is 3.02. The molecule has 1 unspecified atom stereocenters. The van der Waals surface area contributed by atoms with E-state index >= 15 is 0 Å². The third-order valence-electron chi connectivity index (χ3n) is 1.55. The molecule has 0 aliphatic rings. The predicted octanol–water partition coefficient (Wildman–Crippen LogP) is 1.94. The van der Waals surface area contributed by atoms with Gasteiger partial charge >= 0.3 is 0 Å². The van der Waals surface area contributed by atoms with Gasteiger partial charge in [-0.3, -0.25) is 5.14 Å². The summed E-state index contributed by atoms with van der Waals surface area (Å²) in [6.45, 7) is 6.38.